The number of rotatable bonds is 12. The van der Waals surface area contributed by atoms with E-state index < -0.39 is 12.3 Å². The number of carboxylic acids is 1. The summed E-state index contributed by atoms with van der Waals surface area (Å²) in [5, 5.41) is 30.9. The molecule has 9 nitrogen and oxygen atoms in total. The van der Waals surface area contributed by atoms with Gasteiger partial charge in [0.2, 0.25) is 5.91 Å². The van der Waals surface area contributed by atoms with E-state index in [1.165, 1.54) is 0 Å². The fourth-order valence-corrected chi connectivity index (χ4v) is 4.98. The van der Waals surface area contributed by atoms with Gasteiger partial charge in [-0.2, -0.15) is 0 Å². The van der Waals surface area contributed by atoms with Crippen LogP contribution in [-0.4, -0.2) is 63.9 Å². The molecule has 2 heterocycles. The molecule has 4 N–H and O–H groups in total. The summed E-state index contributed by atoms with van der Waals surface area (Å²) in [5.41, 5.74) is 3.39. The number of amides is 1. The lowest BCUT2D eigenvalue weighted by atomic mass is 9.99. The number of nitrogens with one attached hydrogen (secondary N) is 1. The number of unbranched alkanes of at least 4 members (excludes halogenated alkanes) is 2. The van der Waals surface area contributed by atoms with Crippen LogP contribution in [0.15, 0.2) is 48.5 Å². The lowest BCUT2D eigenvalue weighted by molar-refractivity contribution is -0.252. The molecule has 2 aromatic rings. The maximum absolute atomic E-state index is 12.3. The Morgan fingerprint density at radius 3 is 2.32 bits per heavy atom. The number of aliphatic hydroxyl groups is 2. The molecule has 4 rings (SSSR count). The molecule has 0 saturated carbocycles. The number of aliphatic hydroxyl groups excluding tert-OH is 2. The van der Waals surface area contributed by atoms with Gasteiger partial charge in [-0.05, 0) is 42.5 Å². The second kappa shape index (κ2) is 13.8. The monoisotopic (exact) mass is 526 g/mol. The topological polar surface area (TPSA) is 129 Å². The van der Waals surface area contributed by atoms with Crippen LogP contribution in [0.5, 0.6) is 0 Å². The third kappa shape index (κ3) is 8.34. The average Bonchev–Trinajstić information content (AvgIpc) is 3.32. The predicted molar refractivity (Wildman–Crippen MR) is 141 cm³/mol. The molecule has 2 aromatic carbocycles. The van der Waals surface area contributed by atoms with Gasteiger partial charge in [0, 0.05) is 50.1 Å². The maximum atomic E-state index is 12.3. The smallest absolute Gasteiger partial charge is 0.303 e. The summed E-state index contributed by atoms with van der Waals surface area (Å²) in [4.78, 5) is 25.1. The molecule has 206 valence electrons. The molecule has 0 spiro atoms. The first-order chi connectivity index (χ1) is 18.4. The summed E-state index contributed by atoms with van der Waals surface area (Å²) in [5.74, 6) is -0.912. The van der Waals surface area contributed by atoms with Gasteiger partial charge in [-0.25, -0.2) is 0 Å². The Kier molecular flexibility index (Phi) is 10.3. The van der Waals surface area contributed by atoms with Crippen LogP contribution < -0.4 is 5.32 Å². The number of β-amino-alcohol motifs (C(OH)–C–C–N with tert-alkyl or cyclic N) is 1. The quantitative estimate of drug-likeness (QED) is 0.308. The molecule has 38 heavy (non-hydrogen) atoms. The van der Waals surface area contributed by atoms with Crippen molar-refractivity contribution in [3.63, 3.8) is 0 Å². The van der Waals surface area contributed by atoms with E-state index in [1.54, 1.807) is 0 Å². The van der Waals surface area contributed by atoms with Crippen molar-refractivity contribution in [1.82, 2.24) is 4.90 Å². The molecule has 2 saturated heterocycles. The molecule has 0 unspecified atom stereocenters. The zero-order valence-corrected chi connectivity index (χ0v) is 21.6. The SMILES string of the molecule is O=C(O)CCCCCC(=O)Nc1ccc([C@@H]2O[C@H](CN3CC[C@H](O)C3)C[C@H](c3ccc(CO)cc3)O2)cc1. The molecular weight excluding hydrogens is 488 g/mol. The van der Waals surface area contributed by atoms with Crippen molar-refractivity contribution in [3.05, 3.63) is 65.2 Å². The fraction of sp³-hybridized carbons (Fsp3) is 0.517. The van der Waals surface area contributed by atoms with E-state index in [1.807, 2.05) is 48.5 Å². The molecule has 9 heteroatoms. The van der Waals surface area contributed by atoms with Crippen molar-refractivity contribution in [3.8, 4) is 0 Å². The first kappa shape index (κ1) is 28.2. The maximum Gasteiger partial charge on any atom is 0.303 e. The Bertz CT molecular complexity index is 1040. The summed E-state index contributed by atoms with van der Waals surface area (Å²) < 4.78 is 12.7. The van der Waals surface area contributed by atoms with Gasteiger partial charge in [0.05, 0.1) is 24.9 Å². The van der Waals surface area contributed by atoms with Crippen LogP contribution >= 0.6 is 0 Å². The molecular formula is C29H38N2O7. The summed E-state index contributed by atoms with van der Waals surface area (Å²) >= 11 is 0. The lowest BCUT2D eigenvalue weighted by Gasteiger charge is -2.37. The van der Waals surface area contributed by atoms with Crippen molar-refractivity contribution >= 4 is 17.6 Å². The molecule has 2 aliphatic rings. The number of nitrogens with zero attached hydrogens (tertiary/aromatic N) is 1. The highest BCUT2D eigenvalue weighted by molar-refractivity contribution is 5.90. The number of hydrogen-bond acceptors (Lipinski definition) is 7. The van der Waals surface area contributed by atoms with E-state index in [0.717, 1.165) is 29.7 Å². The summed E-state index contributed by atoms with van der Waals surface area (Å²) in [6.45, 7) is 2.19. The Hall–Kier alpha value is -2.82. The zero-order valence-electron chi connectivity index (χ0n) is 21.6. The number of ether oxygens (including phenoxy) is 2. The number of likely N-dealkylation sites (tertiary alicyclic amines) is 1. The zero-order chi connectivity index (χ0) is 26.9. The van der Waals surface area contributed by atoms with Crippen molar-refractivity contribution in [2.24, 2.45) is 0 Å². The molecule has 0 radical (unpaired) electrons. The summed E-state index contributed by atoms with van der Waals surface area (Å²) in [7, 11) is 0. The van der Waals surface area contributed by atoms with Gasteiger partial charge in [0.1, 0.15) is 0 Å². The van der Waals surface area contributed by atoms with E-state index in [2.05, 4.69) is 10.2 Å². The van der Waals surface area contributed by atoms with Gasteiger partial charge < -0.3 is 30.1 Å². The van der Waals surface area contributed by atoms with E-state index in [9.17, 15) is 19.8 Å². The molecule has 2 aliphatic heterocycles. The minimum atomic E-state index is -0.812. The second-order valence-corrected chi connectivity index (χ2v) is 10.2. The Balaban J connectivity index is 1.37. The van der Waals surface area contributed by atoms with Gasteiger partial charge in [-0.15, -0.1) is 0 Å². The van der Waals surface area contributed by atoms with E-state index in [4.69, 9.17) is 14.6 Å². The van der Waals surface area contributed by atoms with E-state index in [0.29, 0.717) is 50.9 Å². The number of carboxylic acid groups (broad SMARTS) is 1. The second-order valence-electron chi connectivity index (χ2n) is 10.2. The third-order valence-electron chi connectivity index (χ3n) is 7.09. The number of hydrogen-bond donors (Lipinski definition) is 4. The van der Waals surface area contributed by atoms with Crippen LogP contribution in [-0.2, 0) is 25.7 Å². The van der Waals surface area contributed by atoms with Crippen LogP contribution in [0.3, 0.4) is 0 Å². The third-order valence-corrected chi connectivity index (χ3v) is 7.09. The van der Waals surface area contributed by atoms with Gasteiger partial charge >= 0.3 is 5.97 Å². The van der Waals surface area contributed by atoms with Gasteiger partial charge in [-0.3, -0.25) is 14.5 Å². The van der Waals surface area contributed by atoms with E-state index >= 15 is 0 Å². The van der Waals surface area contributed by atoms with Gasteiger partial charge in [-0.1, -0.05) is 42.8 Å². The van der Waals surface area contributed by atoms with Crippen molar-refractivity contribution in [2.45, 2.75) is 76.2 Å². The minimum absolute atomic E-state index is 0.00887. The van der Waals surface area contributed by atoms with Crippen molar-refractivity contribution in [2.75, 3.05) is 25.0 Å². The molecule has 1 amide bonds. The average molecular weight is 527 g/mol. The molecule has 0 aromatic heterocycles. The van der Waals surface area contributed by atoms with Gasteiger partial charge in [0.15, 0.2) is 6.29 Å². The van der Waals surface area contributed by atoms with Crippen LogP contribution in [0.4, 0.5) is 5.69 Å². The van der Waals surface area contributed by atoms with Crippen LogP contribution in [0.25, 0.3) is 0 Å². The number of benzene rings is 2. The molecule has 0 aliphatic carbocycles. The summed E-state index contributed by atoms with van der Waals surface area (Å²) in [6.07, 6.45) is 2.72. The number of aliphatic carboxylic acids is 1. The lowest BCUT2D eigenvalue weighted by Crippen LogP contribution is -2.38. The molecule has 4 atom stereocenters. The number of anilines is 1. The predicted octanol–water partition coefficient (Wildman–Crippen LogP) is 3.76. The standard InChI is InChI=1S/C29H38N2O7/c32-19-20-6-8-21(9-7-20)26-16-25(18-31-15-14-24(33)17-31)37-29(38-26)22-10-12-23(13-11-22)30-27(34)4-2-1-3-5-28(35)36/h6-13,24-26,29,32-33H,1-5,14-19H2,(H,30,34)(H,35,36)/t24-,25-,26+,29+/m0/s1. The van der Waals surface area contributed by atoms with Crippen LogP contribution in [0.2, 0.25) is 0 Å². The van der Waals surface area contributed by atoms with Gasteiger partial charge in [0.25, 0.3) is 0 Å². The highest BCUT2D eigenvalue weighted by atomic mass is 16.7. The first-order valence-electron chi connectivity index (χ1n) is 13.4. The summed E-state index contributed by atoms with van der Waals surface area (Å²) in [6, 6.07) is 15.2. The Morgan fingerprint density at radius 2 is 1.66 bits per heavy atom. The van der Waals surface area contributed by atoms with E-state index in [-0.39, 0.29) is 37.2 Å². The Labute approximate surface area is 223 Å². The Morgan fingerprint density at radius 1 is 0.947 bits per heavy atom. The van der Waals surface area contributed by atoms with Crippen molar-refractivity contribution in [1.29, 1.82) is 0 Å². The van der Waals surface area contributed by atoms with Crippen molar-refractivity contribution < 1.29 is 34.4 Å². The normalized spacial score (nSPS) is 23.8. The molecule has 2 fully saturated rings. The van der Waals surface area contributed by atoms with Crippen LogP contribution in [0, 0.1) is 0 Å². The van der Waals surface area contributed by atoms with Crippen LogP contribution in [0.1, 0.15) is 74.0 Å². The highest BCUT2D eigenvalue weighted by Gasteiger charge is 2.34. The highest BCUT2D eigenvalue weighted by Crippen LogP contribution is 2.38. The minimum Gasteiger partial charge on any atom is -0.481 e. The fourth-order valence-electron chi connectivity index (χ4n) is 4.98. The number of carbonyl (C=O) groups is 2. The number of carbonyl (C=O) groups excluding carboxylic acids is 1. The first-order valence-corrected chi connectivity index (χ1v) is 13.4. The largest absolute Gasteiger partial charge is 0.481 e. The molecule has 0 bridgehead atoms.